The third-order valence-electron chi connectivity index (χ3n) is 5.21. The highest BCUT2D eigenvalue weighted by molar-refractivity contribution is 7.16. The molecule has 1 atom stereocenters. The number of nitrogens with one attached hydrogen (secondary N) is 2. The molecule has 2 aromatic heterocycles. The number of halogens is 1. The zero-order valence-corrected chi connectivity index (χ0v) is 15.9. The van der Waals surface area contributed by atoms with Crippen molar-refractivity contribution in [3.63, 3.8) is 0 Å². The Bertz CT molecular complexity index is 1060. The molecule has 1 aliphatic carbocycles. The molecule has 0 radical (unpaired) electrons. The second-order valence-corrected chi connectivity index (χ2v) is 8.49. The van der Waals surface area contributed by atoms with Crippen LogP contribution in [0.25, 0.3) is 10.9 Å². The van der Waals surface area contributed by atoms with Crippen molar-refractivity contribution in [2.45, 2.75) is 38.8 Å². The van der Waals surface area contributed by atoms with Gasteiger partial charge in [-0.25, -0.2) is 4.98 Å². The molecule has 1 amide bonds. The molecule has 0 unspecified atom stereocenters. The Morgan fingerprint density at radius 1 is 1.19 bits per heavy atom. The molecular weight excluding hydrogens is 366 g/mol. The number of pyridine rings is 1. The quantitative estimate of drug-likeness (QED) is 0.582. The average molecular weight is 384 g/mol. The summed E-state index contributed by atoms with van der Waals surface area (Å²) >= 11 is 8.17. The third-order valence-corrected chi connectivity index (χ3v) is 6.74. The summed E-state index contributed by atoms with van der Waals surface area (Å²) in [6.45, 7) is 2.05. The number of aryl methyl sites for hydroxylation is 2. The highest BCUT2D eigenvalue weighted by Gasteiger charge is 2.33. The van der Waals surface area contributed by atoms with Gasteiger partial charge in [0.2, 0.25) is 0 Å². The fourth-order valence-electron chi connectivity index (χ4n) is 3.92. The molecular formula is C20H18ClN3OS. The molecule has 0 saturated carbocycles. The van der Waals surface area contributed by atoms with Crippen LogP contribution in [0.2, 0.25) is 5.15 Å². The van der Waals surface area contributed by atoms with E-state index in [1.54, 1.807) is 11.3 Å². The van der Waals surface area contributed by atoms with Crippen LogP contribution in [-0.2, 0) is 12.8 Å². The maximum absolute atomic E-state index is 12.8. The Kier molecular flexibility index (Phi) is 3.69. The van der Waals surface area contributed by atoms with E-state index in [0.717, 1.165) is 46.3 Å². The van der Waals surface area contributed by atoms with E-state index in [0.29, 0.717) is 5.15 Å². The predicted molar refractivity (Wildman–Crippen MR) is 106 cm³/mol. The fourth-order valence-corrected chi connectivity index (χ4v) is 5.49. The van der Waals surface area contributed by atoms with Gasteiger partial charge in [-0.2, -0.15) is 0 Å². The Balaban J connectivity index is 1.58. The summed E-state index contributed by atoms with van der Waals surface area (Å²) in [5.41, 5.74) is 4.90. The van der Waals surface area contributed by atoms with Crippen LogP contribution in [0.4, 0.5) is 5.00 Å². The minimum absolute atomic E-state index is 0.0106. The predicted octanol–water partition coefficient (Wildman–Crippen LogP) is 4.99. The number of nitrogens with zero attached hydrogens (tertiary/aromatic N) is 1. The number of hydrogen-bond donors (Lipinski definition) is 2. The zero-order valence-electron chi connectivity index (χ0n) is 14.4. The first-order valence-corrected chi connectivity index (χ1v) is 10.1. The number of rotatable bonds is 1. The molecule has 1 aromatic carbocycles. The number of anilines is 1. The van der Waals surface area contributed by atoms with Crippen molar-refractivity contribution in [1.29, 1.82) is 0 Å². The second-order valence-electron chi connectivity index (χ2n) is 7.03. The maximum Gasteiger partial charge on any atom is 0.256 e. The summed E-state index contributed by atoms with van der Waals surface area (Å²) in [7, 11) is 0. The molecule has 132 valence electrons. The lowest BCUT2D eigenvalue weighted by molar-refractivity contribution is 0.0935. The summed E-state index contributed by atoms with van der Waals surface area (Å²) < 4.78 is 0. The summed E-state index contributed by atoms with van der Waals surface area (Å²) in [6.07, 6.45) is 4.08. The number of carbonyl (C=O) groups is 1. The topological polar surface area (TPSA) is 54.0 Å². The number of carbonyl (C=O) groups excluding carboxylic acids is 1. The minimum atomic E-state index is -0.361. The molecule has 4 nitrogen and oxygen atoms in total. The lowest BCUT2D eigenvalue weighted by Gasteiger charge is -2.27. The van der Waals surface area contributed by atoms with E-state index in [-0.39, 0.29) is 12.1 Å². The van der Waals surface area contributed by atoms with Crippen molar-refractivity contribution in [1.82, 2.24) is 10.3 Å². The third kappa shape index (κ3) is 2.49. The van der Waals surface area contributed by atoms with Crippen molar-refractivity contribution < 1.29 is 4.79 Å². The van der Waals surface area contributed by atoms with Gasteiger partial charge < -0.3 is 10.6 Å². The van der Waals surface area contributed by atoms with Gasteiger partial charge in [0.05, 0.1) is 11.1 Å². The van der Waals surface area contributed by atoms with Gasteiger partial charge in [-0.3, -0.25) is 4.79 Å². The fraction of sp³-hybridized carbons (Fsp3) is 0.300. The van der Waals surface area contributed by atoms with Gasteiger partial charge in [-0.05, 0) is 56.4 Å². The molecule has 1 aliphatic heterocycles. The van der Waals surface area contributed by atoms with E-state index in [9.17, 15) is 4.79 Å². The molecule has 6 heteroatoms. The number of amides is 1. The van der Waals surface area contributed by atoms with E-state index in [4.69, 9.17) is 11.6 Å². The van der Waals surface area contributed by atoms with Gasteiger partial charge in [0, 0.05) is 15.8 Å². The number of benzene rings is 1. The standard InChI is InChI=1S/C20H18ClN3OS/c1-10-6-7-14-11(8-10)9-13(17(21)22-14)18-23-19(25)16-12-4-2-3-5-15(12)26-20(16)24-18/h6-9,18,24H,2-5H2,1H3,(H,23,25)/t18-/m1/s1. The van der Waals surface area contributed by atoms with Gasteiger partial charge in [-0.15, -0.1) is 11.3 Å². The first kappa shape index (κ1) is 16.1. The van der Waals surface area contributed by atoms with Crippen LogP contribution in [0.3, 0.4) is 0 Å². The SMILES string of the molecule is Cc1ccc2nc(Cl)c([C@@H]3NC(=O)c4c(sc5c4CCCC5)N3)cc2c1. The molecule has 3 aromatic rings. The number of fused-ring (bicyclic) bond motifs is 4. The van der Waals surface area contributed by atoms with E-state index < -0.39 is 0 Å². The molecule has 2 aliphatic rings. The largest absolute Gasteiger partial charge is 0.353 e. The van der Waals surface area contributed by atoms with Crippen molar-refractivity contribution in [2.24, 2.45) is 0 Å². The molecule has 26 heavy (non-hydrogen) atoms. The van der Waals surface area contributed by atoms with Crippen LogP contribution in [0, 0.1) is 6.92 Å². The van der Waals surface area contributed by atoms with Crippen LogP contribution in [0.5, 0.6) is 0 Å². The van der Waals surface area contributed by atoms with E-state index >= 15 is 0 Å². The Labute approximate surface area is 160 Å². The summed E-state index contributed by atoms with van der Waals surface area (Å²) in [4.78, 5) is 18.7. The van der Waals surface area contributed by atoms with Crippen molar-refractivity contribution in [3.8, 4) is 0 Å². The van der Waals surface area contributed by atoms with Crippen LogP contribution in [0.15, 0.2) is 24.3 Å². The molecule has 0 fully saturated rings. The maximum atomic E-state index is 12.8. The number of aromatic nitrogens is 1. The number of hydrogen-bond acceptors (Lipinski definition) is 4. The zero-order chi connectivity index (χ0) is 17.8. The number of thiophene rings is 1. The van der Waals surface area contributed by atoms with Gasteiger partial charge in [-0.1, -0.05) is 23.2 Å². The van der Waals surface area contributed by atoms with Gasteiger partial charge in [0.25, 0.3) is 5.91 Å². The molecule has 3 heterocycles. The Morgan fingerprint density at radius 3 is 2.92 bits per heavy atom. The van der Waals surface area contributed by atoms with Crippen LogP contribution in [-0.4, -0.2) is 10.9 Å². The first-order valence-electron chi connectivity index (χ1n) is 8.89. The second kappa shape index (κ2) is 5.96. The first-order chi connectivity index (χ1) is 12.6. The van der Waals surface area contributed by atoms with Crippen molar-refractivity contribution in [3.05, 3.63) is 56.5 Å². The minimum Gasteiger partial charge on any atom is -0.353 e. The lowest BCUT2D eigenvalue weighted by atomic mass is 9.94. The average Bonchev–Trinajstić information content (AvgIpc) is 3.00. The van der Waals surface area contributed by atoms with Gasteiger partial charge in [0.15, 0.2) is 0 Å². The van der Waals surface area contributed by atoms with Crippen LogP contribution < -0.4 is 10.6 Å². The summed E-state index contributed by atoms with van der Waals surface area (Å²) in [6, 6.07) is 8.10. The monoisotopic (exact) mass is 383 g/mol. The van der Waals surface area contributed by atoms with Crippen LogP contribution in [0.1, 0.15) is 50.9 Å². The molecule has 0 spiro atoms. The molecule has 2 N–H and O–H groups in total. The summed E-state index contributed by atoms with van der Waals surface area (Å²) in [5.74, 6) is -0.0106. The van der Waals surface area contributed by atoms with E-state index in [2.05, 4.69) is 28.6 Å². The highest BCUT2D eigenvalue weighted by Crippen LogP contribution is 2.42. The highest BCUT2D eigenvalue weighted by atomic mass is 35.5. The van der Waals surface area contributed by atoms with Gasteiger partial charge in [0.1, 0.15) is 16.3 Å². The Hall–Kier alpha value is -2.11. The van der Waals surface area contributed by atoms with Crippen molar-refractivity contribution in [2.75, 3.05) is 5.32 Å². The Morgan fingerprint density at radius 2 is 2.04 bits per heavy atom. The molecule has 0 saturated heterocycles. The normalized spacial score (nSPS) is 18.8. The molecule has 0 bridgehead atoms. The lowest BCUT2D eigenvalue weighted by Crippen LogP contribution is -2.38. The molecule has 5 rings (SSSR count). The van der Waals surface area contributed by atoms with Crippen molar-refractivity contribution >= 4 is 44.7 Å². The van der Waals surface area contributed by atoms with E-state index in [1.165, 1.54) is 22.4 Å². The smallest absolute Gasteiger partial charge is 0.256 e. The van der Waals surface area contributed by atoms with E-state index in [1.807, 2.05) is 18.2 Å². The van der Waals surface area contributed by atoms with Gasteiger partial charge >= 0.3 is 0 Å². The van der Waals surface area contributed by atoms with Crippen LogP contribution >= 0.6 is 22.9 Å². The summed E-state index contributed by atoms with van der Waals surface area (Å²) in [5, 5.41) is 8.97.